The highest BCUT2D eigenvalue weighted by molar-refractivity contribution is 7.89. The monoisotopic (exact) mass is 265 g/mol. The molecule has 4 N–H and O–H groups in total. The standard InChI is InChI=1S/C10H23N3O3S/c1-10(2,3)13-7-5-9(14)12-6-4-8-17(11,15)16/h13H,4-8H2,1-3H3,(H,12,14)(H2,11,15,16). The normalized spacial score (nSPS) is 12.5. The second-order valence-corrected chi connectivity index (χ2v) is 6.73. The van der Waals surface area contributed by atoms with Gasteiger partial charge < -0.3 is 10.6 Å². The zero-order valence-corrected chi connectivity index (χ0v) is 11.6. The molecule has 0 aromatic rings. The number of amides is 1. The Balaban J connectivity index is 3.55. The molecule has 0 heterocycles. The van der Waals surface area contributed by atoms with Crippen molar-refractivity contribution in [1.29, 1.82) is 0 Å². The van der Waals surface area contributed by atoms with Gasteiger partial charge in [0.2, 0.25) is 15.9 Å². The van der Waals surface area contributed by atoms with Gasteiger partial charge in [-0.2, -0.15) is 0 Å². The van der Waals surface area contributed by atoms with E-state index in [1.807, 2.05) is 20.8 Å². The van der Waals surface area contributed by atoms with E-state index in [1.54, 1.807) is 0 Å². The van der Waals surface area contributed by atoms with E-state index >= 15 is 0 Å². The van der Waals surface area contributed by atoms with Gasteiger partial charge in [-0.05, 0) is 27.2 Å². The quantitative estimate of drug-likeness (QED) is 0.543. The fourth-order valence-corrected chi connectivity index (χ4v) is 1.69. The van der Waals surface area contributed by atoms with Crippen molar-refractivity contribution in [3.8, 4) is 0 Å². The van der Waals surface area contributed by atoms with Gasteiger partial charge in [-0.1, -0.05) is 0 Å². The van der Waals surface area contributed by atoms with E-state index in [9.17, 15) is 13.2 Å². The molecule has 0 bridgehead atoms. The Morgan fingerprint density at radius 1 is 1.24 bits per heavy atom. The summed E-state index contributed by atoms with van der Waals surface area (Å²) >= 11 is 0. The summed E-state index contributed by atoms with van der Waals surface area (Å²) in [6.07, 6.45) is 0.726. The summed E-state index contributed by atoms with van der Waals surface area (Å²) in [5.41, 5.74) is -0.00604. The Labute approximate surface area is 103 Å². The van der Waals surface area contributed by atoms with Crippen molar-refractivity contribution < 1.29 is 13.2 Å². The summed E-state index contributed by atoms with van der Waals surface area (Å²) in [7, 11) is -3.42. The molecule has 0 aliphatic heterocycles. The number of nitrogens with one attached hydrogen (secondary N) is 2. The van der Waals surface area contributed by atoms with Crippen LogP contribution in [0.15, 0.2) is 0 Å². The number of sulfonamides is 1. The molecule has 1 amide bonds. The van der Waals surface area contributed by atoms with Crippen LogP contribution in [-0.4, -0.2) is 38.7 Å². The minimum Gasteiger partial charge on any atom is -0.356 e. The highest BCUT2D eigenvalue weighted by Crippen LogP contribution is 1.97. The maximum atomic E-state index is 11.3. The highest BCUT2D eigenvalue weighted by Gasteiger charge is 2.09. The number of hydrogen-bond donors (Lipinski definition) is 3. The van der Waals surface area contributed by atoms with Crippen LogP contribution in [0.3, 0.4) is 0 Å². The third kappa shape index (κ3) is 13.3. The molecule has 0 atom stereocenters. The Morgan fingerprint density at radius 3 is 2.29 bits per heavy atom. The Kier molecular flexibility index (Phi) is 6.66. The Bertz CT molecular complexity index is 333. The van der Waals surface area contributed by atoms with E-state index in [1.165, 1.54) is 0 Å². The average Bonchev–Trinajstić information content (AvgIpc) is 2.09. The number of hydrogen-bond acceptors (Lipinski definition) is 4. The molecule has 0 radical (unpaired) electrons. The van der Waals surface area contributed by atoms with E-state index in [0.29, 0.717) is 25.9 Å². The topological polar surface area (TPSA) is 101 Å². The number of primary sulfonamides is 1. The van der Waals surface area contributed by atoms with E-state index in [-0.39, 0.29) is 17.2 Å². The van der Waals surface area contributed by atoms with Gasteiger partial charge in [0.05, 0.1) is 5.75 Å². The summed E-state index contributed by atoms with van der Waals surface area (Å²) in [6, 6.07) is 0. The van der Waals surface area contributed by atoms with Crippen molar-refractivity contribution in [2.24, 2.45) is 5.14 Å². The van der Waals surface area contributed by atoms with Gasteiger partial charge in [-0.15, -0.1) is 0 Å². The molecule has 0 aromatic carbocycles. The highest BCUT2D eigenvalue weighted by atomic mass is 32.2. The lowest BCUT2D eigenvalue weighted by Gasteiger charge is -2.20. The van der Waals surface area contributed by atoms with Crippen molar-refractivity contribution in [2.45, 2.75) is 39.2 Å². The molecule has 7 heteroatoms. The lowest BCUT2D eigenvalue weighted by Crippen LogP contribution is -2.38. The van der Waals surface area contributed by atoms with Crippen molar-refractivity contribution >= 4 is 15.9 Å². The van der Waals surface area contributed by atoms with Gasteiger partial charge >= 0.3 is 0 Å². The third-order valence-electron chi connectivity index (χ3n) is 1.94. The van der Waals surface area contributed by atoms with E-state index in [4.69, 9.17) is 5.14 Å². The molecule has 0 fully saturated rings. The Hall–Kier alpha value is -0.660. The predicted octanol–water partition coefficient (Wildman–Crippen LogP) is -0.441. The summed E-state index contributed by atoms with van der Waals surface area (Å²) in [6.45, 7) is 7.01. The van der Waals surface area contributed by atoms with Crippen LogP contribution in [0.1, 0.15) is 33.6 Å². The van der Waals surface area contributed by atoms with Gasteiger partial charge in [0.25, 0.3) is 0 Å². The van der Waals surface area contributed by atoms with Gasteiger partial charge in [-0.25, -0.2) is 13.6 Å². The summed E-state index contributed by atoms with van der Waals surface area (Å²) in [5.74, 6) is -0.191. The van der Waals surface area contributed by atoms with Crippen LogP contribution in [0.25, 0.3) is 0 Å². The molecule has 0 aliphatic rings. The average molecular weight is 265 g/mol. The molecule has 0 saturated carbocycles. The van der Waals surface area contributed by atoms with Crippen molar-refractivity contribution in [1.82, 2.24) is 10.6 Å². The summed E-state index contributed by atoms with van der Waals surface area (Å²) in [4.78, 5) is 11.3. The maximum absolute atomic E-state index is 11.3. The lowest BCUT2D eigenvalue weighted by molar-refractivity contribution is -0.121. The number of carbonyl (C=O) groups is 1. The first-order valence-corrected chi connectivity index (χ1v) is 7.34. The molecule has 102 valence electrons. The van der Waals surface area contributed by atoms with Crippen LogP contribution in [0.2, 0.25) is 0 Å². The largest absolute Gasteiger partial charge is 0.356 e. The van der Waals surface area contributed by atoms with E-state index < -0.39 is 10.0 Å². The molecule has 0 aliphatic carbocycles. The molecule has 0 unspecified atom stereocenters. The zero-order valence-electron chi connectivity index (χ0n) is 10.7. The molecule has 17 heavy (non-hydrogen) atoms. The zero-order chi connectivity index (χ0) is 13.5. The van der Waals surface area contributed by atoms with Crippen molar-refractivity contribution in [2.75, 3.05) is 18.8 Å². The fraction of sp³-hybridized carbons (Fsp3) is 0.900. The van der Waals surface area contributed by atoms with Gasteiger partial charge in [0.1, 0.15) is 0 Å². The van der Waals surface area contributed by atoms with Gasteiger partial charge in [0.15, 0.2) is 0 Å². The molecule has 0 rings (SSSR count). The maximum Gasteiger partial charge on any atom is 0.221 e. The predicted molar refractivity (Wildman–Crippen MR) is 68.0 cm³/mol. The van der Waals surface area contributed by atoms with Crippen LogP contribution in [0.5, 0.6) is 0 Å². The third-order valence-corrected chi connectivity index (χ3v) is 2.79. The van der Waals surface area contributed by atoms with Crippen LogP contribution in [-0.2, 0) is 14.8 Å². The smallest absolute Gasteiger partial charge is 0.221 e. The second-order valence-electron chi connectivity index (χ2n) is 5.00. The summed E-state index contributed by atoms with van der Waals surface area (Å²) in [5, 5.41) is 10.7. The lowest BCUT2D eigenvalue weighted by atomic mass is 10.1. The van der Waals surface area contributed by atoms with Gasteiger partial charge in [-0.3, -0.25) is 4.79 Å². The molecular formula is C10H23N3O3S. The minimum absolute atomic E-state index is 0.00604. The second kappa shape index (κ2) is 6.93. The van der Waals surface area contributed by atoms with Crippen molar-refractivity contribution in [3.05, 3.63) is 0 Å². The molecule has 0 spiro atoms. The minimum atomic E-state index is -3.42. The number of rotatable bonds is 7. The molecule has 0 saturated heterocycles. The SMILES string of the molecule is CC(C)(C)NCCC(=O)NCCCS(N)(=O)=O. The molecule has 6 nitrogen and oxygen atoms in total. The fourth-order valence-electron chi connectivity index (χ4n) is 1.14. The van der Waals surface area contributed by atoms with Gasteiger partial charge in [0, 0.05) is 25.0 Å². The number of nitrogens with two attached hydrogens (primary N) is 1. The Morgan fingerprint density at radius 2 is 1.82 bits per heavy atom. The van der Waals surface area contributed by atoms with E-state index in [2.05, 4.69) is 10.6 Å². The van der Waals surface area contributed by atoms with Crippen LogP contribution < -0.4 is 15.8 Å². The van der Waals surface area contributed by atoms with Crippen LogP contribution in [0.4, 0.5) is 0 Å². The number of carbonyl (C=O) groups excluding carboxylic acids is 1. The molecular weight excluding hydrogens is 242 g/mol. The first-order chi connectivity index (χ1) is 7.60. The van der Waals surface area contributed by atoms with Crippen molar-refractivity contribution in [3.63, 3.8) is 0 Å². The first-order valence-electron chi connectivity index (χ1n) is 5.62. The first kappa shape index (κ1) is 16.3. The molecule has 0 aromatic heterocycles. The van der Waals surface area contributed by atoms with Crippen LogP contribution in [0, 0.1) is 0 Å². The van der Waals surface area contributed by atoms with E-state index in [0.717, 1.165) is 0 Å². The van der Waals surface area contributed by atoms with Crippen LogP contribution >= 0.6 is 0 Å². The summed E-state index contributed by atoms with van der Waals surface area (Å²) < 4.78 is 21.2.